The van der Waals surface area contributed by atoms with Crippen molar-refractivity contribution in [2.75, 3.05) is 11.9 Å². The molecule has 2 rings (SSSR count). The first-order valence-corrected chi connectivity index (χ1v) is 6.48. The van der Waals surface area contributed by atoms with Crippen LogP contribution in [0.25, 0.3) is 0 Å². The first-order chi connectivity index (χ1) is 9.52. The van der Waals surface area contributed by atoms with E-state index in [9.17, 15) is 14.0 Å². The number of anilines is 1. The zero-order chi connectivity index (χ0) is 14.7. The molecule has 1 aromatic carbocycles. The Hall–Kier alpha value is -1.95. The molecule has 1 aliphatic rings. The Bertz CT molecular complexity index is 532. The molecule has 1 saturated heterocycles. The molecule has 0 saturated carbocycles. The number of hydrogen-bond donors (Lipinski definition) is 2. The van der Waals surface area contributed by atoms with Crippen LogP contribution < -0.4 is 5.32 Å². The summed E-state index contributed by atoms with van der Waals surface area (Å²) in [5.74, 6) is -2.68. The molecule has 0 aromatic heterocycles. The highest BCUT2D eigenvalue weighted by Gasteiger charge is 2.32. The monoisotopic (exact) mass is 281 g/mol. The molecule has 20 heavy (non-hydrogen) atoms. The van der Waals surface area contributed by atoms with Gasteiger partial charge in [-0.1, -0.05) is 6.92 Å². The molecule has 2 atom stereocenters. The van der Waals surface area contributed by atoms with Gasteiger partial charge in [-0.25, -0.2) is 9.18 Å². The number of carboxylic acid groups (broad SMARTS) is 1. The lowest BCUT2D eigenvalue weighted by atomic mass is 9.98. The highest BCUT2D eigenvalue weighted by molar-refractivity contribution is 5.94. The van der Waals surface area contributed by atoms with E-state index in [-0.39, 0.29) is 23.6 Å². The Balaban J connectivity index is 2.08. The summed E-state index contributed by atoms with van der Waals surface area (Å²) in [6.07, 6.45) is 1.27. The molecule has 2 unspecified atom stereocenters. The predicted octanol–water partition coefficient (Wildman–Crippen LogP) is 2.28. The van der Waals surface area contributed by atoms with Crippen molar-refractivity contribution in [3.8, 4) is 0 Å². The molecule has 5 nitrogen and oxygen atoms in total. The number of benzene rings is 1. The zero-order valence-electron chi connectivity index (χ0n) is 11.1. The van der Waals surface area contributed by atoms with E-state index in [2.05, 4.69) is 5.32 Å². The molecule has 0 bridgehead atoms. The van der Waals surface area contributed by atoms with E-state index >= 15 is 0 Å². The molecule has 0 spiro atoms. The lowest BCUT2D eigenvalue weighted by Gasteiger charge is -2.16. The molecule has 6 heteroatoms. The highest BCUT2D eigenvalue weighted by atomic mass is 19.1. The van der Waals surface area contributed by atoms with Gasteiger partial charge in [-0.05, 0) is 31.0 Å². The minimum absolute atomic E-state index is 0.113. The zero-order valence-corrected chi connectivity index (χ0v) is 11.1. The van der Waals surface area contributed by atoms with E-state index in [0.717, 1.165) is 18.6 Å². The number of carbonyl (C=O) groups is 2. The van der Waals surface area contributed by atoms with Crippen molar-refractivity contribution in [3.05, 3.63) is 29.6 Å². The van der Waals surface area contributed by atoms with Crippen LogP contribution in [-0.2, 0) is 9.53 Å². The topological polar surface area (TPSA) is 75.6 Å². The largest absolute Gasteiger partial charge is 0.478 e. The van der Waals surface area contributed by atoms with Crippen LogP contribution in [0, 0.1) is 11.7 Å². The quantitative estimate of drug-likeness (QED) is 0.887. The van der Waals surface area contributed by atoms with E-state index < -0.39 is 17.3 Å². The fourth-order valence-electron chi connectivity index (χ4n) is 2.35. The van der Waals surface area contributed by atoms with Gasteiger partial charge >= 0.3 is 5.97 Å². The standard InChI is InChI=1S/C14H16FNO4/c1-2-12-10(5-6-20-12)13(17)16-8-3-4-9(14(18)19)11(15)7-8/h3-4,7,10,12H,2,5-6H2,1H3,(H,16,17)(H,18,19). The van der Waals surface area contributed by atoms with Gasteiger partial charge in [-0.15, -0.1) is 0 Å². The molecule has 2 N–H and O–H groups in total. The number of carboxylic acids is 1. The second-order valence-electron chi connectivity index (χ2n) is 4.70. The van der Waals surface area contributed by atoms with Crippen LogP contribution >= 0.6 is 0 Å². The van der Waals surface area contributed by atoms with Crippen molar-refractivity contribution in [1.82, 2.24) is 0 Å². The molecule has 1 aliphatic heterocycles. The van der Waals surface area contributed by atoms with Crippen LogP contribution in [0.5, 0.6) is 0 Å². The fourth-order valence-corrected chi connectivity index (χ4v) is 2.35. The van der Waals surface area contributed by atoms with Gasteiger partial charge in [0.05, 0.1) is 17.6 Å². The van der Waals surface area contributed by atoms with E-state index in [1.165, 1.54) is 6.07 Å². The summed E-state index contributed by atoms with van der Waals surface area (Å²) in [7, 11) is 0. The van der Waals surface area contributed by atoms with Crippen molar-refractivity contribution in [2.24, 2.45) is 5.92 Å². The van der Waals surface area contributed by atoms with Crippen LogP contribution in [0.4, 0.5) is 10.1 Å². The number of aromatic carboxylic acids is 1. The van der Waals surface area contributed by atoms with Crippen molar-refractivity contribution < 1.29 is 23.8 Å². The van der Waals surface area contributed by atoms with Crippen LogP contribution in [0.15, 0.2) is 18.2 Å². The second-order valence-corrected chi connectivity index (χ2v) is 4.70. The average Bonchev–Trinajstić information content (AvgIpc) is 2.86. The third-order valence-corrected chi connectivity index (χ3v) is 3.42. The average molecular weight is 281 g/mol. The van der Waals surface area contributed by atoms with Gasteiger partial charge < -0.3 is 15.2 Å². The summed E-state index contributed by atoms with van der Waals surface area (Å²) in [6.45, 7) is 2.49. The Morgan fingerprint density at radius 1 is 1.50 bits per heavy atom. The van der Waals surface area contributed by atoms with Gasteiger partial charge in [0.25, 0.3) is 0 Å². The SMILES string of the molecule is CCC1OCCC1C(=O)Nc1ccc(C(=O)O)c(F)c1. The maximum Gasteiger partial charge on any atom is 0.338 e. The van der Waals surface area contributed by atoms with Crippen LogP contribution in [0.3, 0.4) is 0 Å². The van der Waals surface area contributed by atoms with Crippen molar-refractivity contribution in [3.63, 3.8) is 0 Å². The summed E-state index contributed by atoms with van der Waals surface area (Å²) >= 11 is 0. The molecule has 1 amide bonds. The molecule has 1 heterocycles. The third kappa shape index (κ3) is 2.96. The maximum atomic E-state index is 13.5. The van der Waals surface area contributed by atoms with Gasteiger partial charge in [0.2, 0.25) is 5.91 Å². The molecule has 108 valence electrons. The lowest BCUT2D eigenvalue weighted by molar-refractivity contribution is -0.121. The minimum atomic E-state index is -1.34. The number of ether oxygens (including phenoxy) is 1. The van der Waals surface area contributed by atoms with Crippen LogP contribution in [0.2, 0.25) is 0 Å². The molecular weight excluding hydrogens is 265 g/mol. The Morgan fingerprint density at radius 3 is 2.85 bits per heavy atom. The maximum absolute atomic E-state index is 13.5. The van der Waals surface area contributed by atoms with Crippen LogP contribution in [0.1, 0.15) is 30.1 Å². The lowest BCUT2D eigenvalue weighted by Crippen LogP contribution is -2.29. The van der Waals surface area contributed by atoms with E-state index in [1.807, 2.05) is 6.92 Å². The molecule has 1 fully saturated rings. The van der Waals surface area contributed by atoms with Gasteiger partial charge in [0.15, 0.2) is 0 Å². The number of carbonyl (C=O) groups excluding carboxylic acids is 1. The first-order valence-electron chi connectivity index (χ1n) is 6.48. The number of hydrogen-bond acceptors (Lipinski definition) is 3. The molecule has 0 aliphatic carbocycles. The van der Waals surface area contributed by atoms with Crippen molar-refractivity contribution in [2.45, 2.75) is 25.9 Å². The normalized spacial score (nSPS) is 21.7. The summed E-state index contributed by atoms with van der Waals surface area (Å²) in [5.41, 5.74) is -0.169. The number of rotatable bonds is 4. The summed E-state index contributed by atoms with van der Waals surface area (Å²) in [6, 6.07) is 3.52. The Kier molecular flexibility index (Phi) is 4.34. The van der Waals surface area contributed by atoms with Gasteiger partial charge in [-0.3, -0.25) is 4.79 Å². The van der Waals surface area contributed by atoms with E-state index in [4.69, 9.17) is 9.84 Å². The molecule has 1 aromatic rings. The summed E-state index contributed by atoms with van der Waals surface area (Å²) in [5, 5.41) is 11.3. The number of amides is 1. The number of nitrogens with one attached hydrogen (secondary N) is 1. The molecule has 0 radical (unpaired) electrons. The smallest absolute Gasteiger partial charge is 0.338 e. The van der Waals surface area contributed by atoms with Gasteiger partial charge in [-0.2, -0.15) is 0 Å². The number of halogens is 1. The van der Waals surface area contributed by atoms with Gasteiger partial charge in [0, 0.05) is 12.3 Å². The summed E-state index contributed by atoms with van der Waals surface area (Å²) < 4.78 is 18.9. The second kappa shape index (κ2) is 6.00. The minimum Gasteiger partial charge on any atom is -0.478 e. The summed E-state index contributed by atoms with van der Waals surface area (Å²) in [4.78, 5) is 22.8. The van der Waals surface area contributed by atoms with Crippen LogP contribution in [-0.4, -0.2) is 29.7 Å². The molecular formula is C14H16FNO4. The van der Waals surface area contributed by atoms with Crippen molar-refractivity contribution >= 4 is 17.6 Å². The Labute approximate surface area is 115 Å². The third-order valence-electron chi connectivity index (χ3n) is 3.42. The Morgan fingerprint density at radius 2 is 2.25 bits per heavy atom. The highest BCUT2D eigenvalue weighted by Crippen LogP contribution is 2.25. The fraction of sp³-hybridized carbons (Fsp3) is 0.429. The first kappa shape index (κ1) is 14.5. The predicted molar refractivity (Wildman–Crippen MR) is 70.1 cm³/mol. The van der Waals surface area contributed by atoms with Crippen molar-refractivity contribution in [1.29, 1.82) is 0 Å². The van der Waals surface area contributed by atoms with E-state index in [0.29, 0.717) is 13.0 Å². The van der Waals surface area contributed by atoms with E-state index in [1.54, 1.807) is 0 Å². The van der Waals surface area contributed by atoms with Gasteiger partial charge in [0.1, 0.15) is 5.82 Å².